The summed E-state index contributed by atoms with van der Waals surface area (Å²) in [6, 6.07) is 7.74. The van der Waals surface area contributed by atoms with E-state index in [1.807, 2.05) is 31.2 Å². The molecule has 0 saturated carbocycles. The molecular weight excluding hydrogens is 176 g/mol. The van der Waals surface area contributed by atoms with Crippen LogP contribution in [-0.2, 0) is 0 Å². The second kappa shape index (κ2) is 4.46. The van der Waals surface area contributed by atoms with Crippen molar-refractivity contribution in [1.29, 1.82) is 0 Å². The molecule has 1 aromatic rings. The Bertz CT molecular complexity index is 394. The summed E-state index contributed by atoms with van der Waals surface area (Å²) < 4.78 is 0. The first-order valence-corrected chi connectivity index (χ1v) is 4.28. The van der Waals surface area contributed by atoms with E-state index in [2.05, 4.69) is 16.7 Å². The minimum absolute atomic E-state index is 0.193. The second-order valence-corrected chi connectivity index (χ2v) is 3.01. The smallest absolute Gasteiger partial charge is 0.170 e. The van der Waals surface area contributed by atoms with Gasteiger partial charge in [-0.25, -0.2) is 4.99 Å². The molecule has 0 saturated heterocycles. The second-order valence-electron chi connectivity index (χ2n) is 3.01. The van der Waals surface area contributed by atoms with Gasteiger partial charge in [0.15, 0.2) is 5.84 Å². The van der Waals surface area contributed by atoms with E-state index in [9.17, 15) is 4.91 Å². The van der Waals surface area contributed by atoms with Gasteiger partial charge in [-0.1, -0.05) is 30.8 Å². The maximum absolute atomic E-state index is 10.1. The maximum atomic E-state index is 10.1. The Morgan fingerprint density at radius 2 is 2.00 bits per heavy atom. The lowest BCUT2D eigenvalue weighted by atomic mass is 10.1. The normalized spacial score (nSPS) is 11.1. The molecule has 3 heteroatoms. The van der Waals surface area contributed by atoms with E-state index in [1.165, 1.54) is 0 Å². The fraction of sp³-hybridized carbons (Fsp3) is 0.182. The summed E-state index contributed by atoms with van der Waals surface area (Å²) in [6.45, 7) is 7.31. The molecule has 0 unspecified atom stereocenters. The lowest BCUT2D eigenvalue weighted by Gasteiger charge is -2.03. The van der Waals surface area contributed by atoms with Crippen LogP contribution in [0.3, 0.4) is 0 Å². The topological polar surface area (TPSA) is 41.8 Å². The Labute approximate surface area is 83.2 Å². The Hall–Kier alpha value is -1.77. The highest BCUT2D eigenvalue weighted by molar-refractivity contribution is 5.86. The van der Waals surface area contributed by atoms with Gasteiger partial charge in [0.2, 0.25) is 0 Å². The molecule has 3 nitrogen and oxygen atoms in total. The van der Waals surface area contributed by atoms with E-state index >= 15 is 0 Å². The van der Waals surface area contributed by atoms with E-state index in [0.29, 0.717) is 5.70 Å². The molecule has 1 aromatic carbocycles. The molecule has 0 aromatic heterocycles. The van der Waals surface area contributed by atoms with Crippen LogP contribution in [0.25, 0.3) is 5.70 Å². The number of nitroso groups, excluding NO2 is 1. The van der Waals surface area contributed by atoms with Crippen LogP contribution in [0, 0.1) is 11.8 Å². The predicted molar refractivity (Wildman–Crippen MR) is 59.1 cm³/mol. The highest BCUT2D eigenvalue weighted by Gasteiger charge is 2.00. The Morgan fingerprint density at radius 3 is 2.57 bits per heavy atom. The zero-order valence-electron chi connectivity index (χ0n) is 8.32. The van der Waals surface area contributed by atoms with Crippen LogP contribution in [0.2, 0.25) is 0 Å². The Kier molecular flexibility index (Phi) is 3.29. The molecule has 0 radical (unpaired) electrons. The number of amidine groups is 1. The summed E-state index contributed by atoms with van der Waals surface area (Å²) in [7, 11) is 0. The number of benzene rings is 1. The SMILES string of the molecule is C=C(/N=C(\C)N=O)c1ccccc1C. The van der Waals surface area contributed by atoms with Gasteiger partial charge in [0, 0.05) is 5.56 Å². The third-order valence-corrected chi connectivity index (χ3v) is 1.88. The molecule has 0 aliphatic carbocycles. The van der Waals surface area contributed by atoms with Crippen molar-refractivity contribution in [3.05, 3.63) is 46.9 Å². The summed E-state index contributed by atoms with van der Waals surface area (Å²) >= 11 is 0. The molecule has 0 fully saturated rings. The first-order chi connectivity index (χ1) is 6.65. The quantitative estimate of drug-likeness (QED) is 0.399. The van der Waals surface area contributed by atoms with Crippen molar-refractivity contribution in [1.82, 2.24) is 0 Å². The molecule has 0 amide bonds. The molecule has 0 heterocycles. The summed E-state index contributed by atoms with van der Waals surface area (Å²) in [4.78, 5) is 14.1. The molecule has 0 spiro atoms. The number of rotatable bonds is 2. The van der Waals surface area contributed by atoms with Crippen LogP contribution in [0.1, 0.15) is 18.1 Å². The third kappa shape index (κ3) is 2.36. The van der Waals surface area contributed by atoms with Crippen molar-refractivity contribution in [3.63, 3.8) is 0 Å². The van der Waals surface area contributed by atoms with Crippen molar-refractivity contribution in [2.45, 2.75) is 13.8 Å². The first-order valence-electron chi connectivity index (χ1n) is 4.28. The molecule has 1 rings (SSSR count). The number of hydrogen-bond acceptors (Lipinski definition) is 2. The largest absolute Gasteiger partial charge is 0.230 e. The molecule has 0 aliphatic heterocycles. The molecule has 72 valence electrons. The van der Waals surface area contributed by atoms with Crippen molar-refractivity contribution >= 4 is 11.5 Å². The Morgan fingerprint density at radius 1 is 1.36 bits per heavy atom. The first kappa shape index (κ1) is 10.3. The van der Waals surface area contributed by atoms with Crippen LogP contribution >= 0.6 is 0 Å². The van der Waals surface area contributed by atoms with E-state index < -0.39 is 0 Å². The predicted octanol–water partition coefficient (Wildman–Crippen LogP) is 3.15. The van der Waals surface area contributed by atoms with Gasteiger partial charge >= 0.3 is 0 Å². The van der Waals surface area contributed by atoms with Gasteiger partial charge in [-0.05, 0) is 24.6 Å². The minimum atomic E-state index is 0.193. The number of nitrogens with zero attached hydrogens (tertiary/aromatic N) is 2. The van der Waals surface area contributed by atoms with Crippen LogP contribution in [0.15, 0.2) is 41.0 Å². The van der Waals surface area contributed by atoms with Gasteiger partial charge in [0.1, 0.15) is 0 Å². The van der Waals surface area contributed by atoms with E-state index in [0.717, 1.165) is 11.1 Å². The third-order valence-electron chi connectivity index (χ3n) is 1.88. The van der Waals surface area contributed by atoms with Gasteiger partial charge in [-0.15, -0.1) is 4.91 Å². The van der Waals surface area contributed by atoms with E-state index in [4.69, 9.17) is 0 Å². The fourth-order valence-corrected chi connectivity index (χ4v) is 1.17. The lowest BCUT2D eigenvalue weighted by Crippen LogP contribution is -1.88. The average molecular weight is 188 g/mol. The van der Waals surface area contributed by atoms with Crippen LogP contribution in [-0.4, -0.2) is 5.84 Å². The Balaban J connectivity index is 3.02. The highest BCUT2D eigenvalue weighted by Crippen LogP contribution is 2.17. The van der Waals surface area contributed by atoms with Crippen molar-refractivity contribution in [2.75, 3.05) is 0 Å². The summed E-state index contributed by atoms with van der Waals surface area (Å²) in [6.07, 6.45) is 0. The molecule has 14 heavy (non-hydrogen) atoms. The zero-order valence-corrected chi connectivity index (χ0v) is 8.32. The zero-order chi connectivity index (χ0) is 10.6. The van der Waals surface area contributed by atoms with Crippen LogP contribution in [0.5, 0.6) is 0 Å². The summed E-state index contributed by atoms with van der Waals surface area (Å²) in [5.74, 6) is 0.193. The fourth-order valence-electron chi connectivity index (χ4n) is 1.17. The lowest BCUT2D eigenvalue weighted by molar-refractivity contribution is 1.38. The molecule has 0 N–H and O–H groups in total. The molecule has 0 aliphatic rings. The van der Waals surface area contributed by atoms with E-state index in [1.54, 1.807) is 6.92 Å². The number of hydrogen-bond donors (Lipinski definition) is 0. The van der Waals surface area contributed by atoms with Gasteiger partial charge in [-0.3, -0.25) is 0 Å². The van der Waals surface area contributed by atoms with Crippen molar-refractivity contribution < 1.29 is 0 Å². The molecule has 0 bridgehead atoms. The monoisotopic (exact) mass is 188 g/mol. The van der Waals surface area contributed by atoms with Crippen molar-refractivity contribution in [3.8, 4) is 0 Å². The van der Waals surface area contributed by atoms with Gasteiger partial charge in [0.25, 0.3) is 0 Å². The summed E-state index contributed by atoms with van der Waals surface area (Å²) in [5.41, 5.74) is 2.59. The van der Waals surface area contributed by atoms with Crippen LogP contribution in [0.4, 0.5) is 0 Å². The van der Waals surface area contributed by atoms with Crippen molar-refractivity contribution in [2.24, 2.45) is 10.2 Å². The molecular formula is C11H12N2O. The summed E-state index contributed by atoms with van der Waals surface area (Å²) in [5, 5.41) is 2.72. The van der Waals surface area contributed by atoms with Gasteiger partial charge in [0.05, 0.1) is 5.70 Å². The van der Waals surface area contributed by atoms with Gasteiger partial charge in [-0.2, -0.15) is 0 Å². The molecule has 0 atom stereocenters. The standard InChI is InChI=1S/C11H12N2O/c1-8-6-4-5-7-11(8)9(2)12-10(3)13-14/h4-7H,2H2,1,3H3/b12-10+. The number of aliphatic imine (C=N–C) groups is 1. The van der Waals surface area contributed by atoms with Crippen LogP contribution < -0.4 is 0 Å². The maximum Gasteiger partial charge on any atom is 0.170 e. The average Bonchev–Trinajstić information content (AvgIpc) is 2.18. The van der Waals surface area contributed by atoms with E-state index in [-0.39, 0.29) is 5.84 Å². The minimum Gasteiger partial charge on any atom is -0.230 e. The number of aryl methyl sites for hydroxylation is 1. The van der Waals surface area contributed by atoms with Gasteiger partial charge < -0.3 is 0 Å². The highest BCUT2D eigenvalue weighted by atomic mass is 16.3.